The molecule has 0 aliphatic rings. The molecule has 0 aliphatic heterocycles. The highest BCUT2D eigenvalue weighted by molar-refractivity contribution is 5.75. The van der Waals surface area contributed by atoms with Gasteiger partial charge in [-0.1, -0.05) is 12.1 Å². The summed E-state index contributed by atoms with van der Waals surface area (Å²) in [6, 6.07) is 7.64. The van der Waals surface area contributed by atoms with Crippen LogP contribution in [0.5, 0.6) is 5.75 Å². The molecule has 23 heavy (non-hydrogen) atoms. The Morgan fingerprint density at radius 1 is 1.17 bits per heavy atom. The van der Waals surface area contributed by atoms with Crippen molar-refractivity contribution in [3.05, 3.63) is 50.8 Å². The van der Waals surface area contributed by atoms with E-state index < -0.39 is 17.3 Å². The van der Waals surface area contributed by atoms with Gasteiger partial charge < -0.3 is 10.1 Å². The van der Waals surface area contributed by atoms with Crippen LogP contribution in [0, 0.1) is 0 Å². The Morgan fingerprint density at radius 3 is 2.35 bits per heavy atom. The van der Waals surface area contributed by atoms with Crippen LogP contribution < -0.4 is 21.4 Å². The number of hydrogen-bond donors (Lipinski definition) is 3. The second kappa shape index (κ2) is 7.48. The van der Waals surface area contributed by atoms with Crippen LogP contribution in [-0.4, -0.2) is 33.3 Å². The van der Waals surface area contributed by atoms with E-state index in [-0.39, 0.29) is 12.6 Å². The quantitative estimate of drug-likeness (QED) is 0.667. The molecular weight excluding hydrogens is 300 g/mol. The largest absolute Gasteiger partial charge is 0.491 e. The lowest BCUT2D eigenvalue weighted by Gasteiger charge is -2.10. The van der Waals surface area contributed by atoms with Crippen LogP contribution in [0.3, 0.4) is 0 Å². The summed E-state index contributed by atoms with van der Waals surface area (Å²) >= 11 is 0. The lowest BCUT2D eigenvalue weighted by molar-refractivity contribution is -0.121. The number of rotatable bonds is 7. The summed E-state index contributed by atoms with van der Waals surface area (Å²) in [6.07, 6.45) is 0.770. The zero-order valence-corrected chi connectivity index (χ0v) is 13.1. The van der Waals surface area contributed by atoms with Gasteiger partial charge in [-0.2, -0.15) is 0 Å². The van der Waals surface area contributed by atoms with Crippen molar-refractivity contribution in [3.63, 3.8) is 0 Å². The van der Waals surface area contributed by atoms with E-state index in [2.05, 4.69) is 15.5 Å². The molecule has 8 nitrogen and oxygen atoms in total. The molecule has 1 heterocycles. The maximum Gasteiger partial charge on any atom is 0.344 e. The fraction of sp³-hybridized carbons (Fsp3) is 0.400. The predicted octanol–water partition coefficient (Wildman–Crippen LogP) is 0.0108. The molecule has 124 valence electrons. The third kappa shape index (κ3) is 4.87. The molecule has 2 rings (SSSR count). The SMILES string of the molecule is CC(C)Oc1ccc(CCNC(=O)Cn2c(=O)[nH][nH]c2=O)cc1. The average Bonchev–Trinajstić information content (AvgIpc) is 2.80. The summed E-state index contributed by atoms with van der Waals surface area (Å²) in [6.45, 7) is 4.04. The first kappa shape index (κ1) is 16.6. The Labute approximate surface area is 132 Å². The zero-order valence-electron chi connectivity index (χ0n) is 13.1. The Balaban J connectivity index is 1.79. The first-order chi connectivity index (χ1) is 11.0. The van der Waals surface area contributed by atoms with Crippen molar-refractivity contribution in [2.75, 3.05) is 6.54 Å². The number of H-pyrrole nitrogens is 2. The van der Waals surface area contributed by atoms with Crippen LogP contribution in [-0.2, 0) is 17.8 Å². The number of hydrogen-bond acceptors (Lipinski definition) is 4. The summed E-state index contributed by atoms with van der Waals surface area (Å²) in [5.74, 6) is 0.413. The third-order valence-electron chi connectivity index (χ3n) is 3.10. The minimum absolute atomic E-state index is 0.125. The average molecular weight is 320 g/mol. The van der Waals surface area contributed by atoms with Crippen LogP contribution in [0.4, 0.5) is 0 Å². The highest BCUT2D eigenvalue weighted by atomic mass is 16.5. The molecule has 0 atom stereocenters. The number of carbonyl (C=O) groups is 1. The van der Waals surface area contributed by atoms with E-state index in [4.69, 9.17) is 4.74 Å². The summed E-state index contributed by atoms with van der Waals surface area (Å²) in [5, 5.41) is 6.92. The molecular formula is C15H20N4O4. The van der Waals surface area contributed by atoms with Crippen molar-refractivity contribution in [1.82, 2.24) is 20.1 Å². The topological polar surface area (TPSA) is 109 Å². The van der Waals surface area contributed by atoms with Gasteiger partial charge in [-0.25, -0.2) is 24.4 Å². The monoisotopic (exact) mass is 320 g/mol. The molecule has 1 aromatic carbocycles. The lowest BCUT2D eigenvalue weighted by Crippen LogP contribution is -2.36. The zero-order chi connectivity index (χ0) is 16.8. The van der Waals surface area contributed by atoms with Gasteiger partial charge in [0.25, 0.3) is 0 Å². The van der Waals surface area contributed by atoms with Crippen molar-refractivity contribution in [2.45, 2.75) is 32.9 Å². The molecule has 1 amide bonds. The summed E-state index contributed by atoms with van der Waals surface area (Å²) in [4.78, 5) is 34.2. The van der Waals surface area contributed by atoms with Gasteiger partial charge in [-0.3, -0.25) is 4.79 Å². The van der Waals surface area contributed by atoms with Crippen molar-refractivity contribution >= 4 is 5.91 Å². The Bertz CT molecular complexity index is 727. The smallest absolute Gasteiger partial charge is 0.344 e. The van der Waals surface area contributed by atoms with Gasteiger partial charge >= 0.3 is 11.4 Å². The number of carbonyl (C=O) groups excluding carboxylic acids is 1. The van der Waals surface area contributed by atoms with Gasteiger partial charge in [-0.15, -0.1) is 0 Å². The third-order valence-corrected chi connectivity index (χ3v) is 3.10. The van der Waals surface area contributed by atoms with Gasteiger partial charge in [-0.05, 0) is 38.0 Å². The summed E-state index contributed by atoms with van der Waals surface area (Å²) in [7, 11) is 0. The van der Waals surface area contributed by atoms with Crippen LogP contribution in [0.1, 0.15) is 19.4 Å². The van der Waals surface area contributed by atoms with E-state index >= 15 is 0 Å². The summed E-state index contributed by atoms with van der Waals surface area (Å²) < 4.78 is 6.35. The molecule has 0 fully saturated rings. The Morgan fingerprint density at radius 2 is 1.78 bits per heavy atom. The maximum absolute atomic E-state index is 11.7. The highest BCUT2D eigenvalue weighted by Gasteiger charge is 2.08. The lowest BCUT2D eigenvalue weighted by atomic mass is 10.1. The van der Waals surface area contributed by atoms with Gasteiger partial charge in [0.05, 0.1) is 6.10 Å². The molecule has 0 unspecified atom stereocenters. The standard InChI is InChI=1S/C15H20N4O4/c1-10(2)23-12-5-3-11(4-6-12)7-8-16-13(20)9-19-14(21)17-18-15(19)22/h3-6,10H,7-9H2,1-2H3,(H,16,20)(H,17,21)(H,18,22). The van der Waals surface area contributed by atoms with E-state index in [0.717, 1.165) is 15.9 Å². The molecule has 0 saturated carbocycles. The molecule has 8 heteroatoms. The minimum atomic E-state index is -0.633. The number of aromatic nitrogens is 3. The Kier molecular flexibility index (Phi) is 5.40. The molecule has 0 saturated heterocycles. The molecule has 0 aliphatic carbocycles. The molecule has 3 N–H and O–H groups in total. The number of benzene rings is 1. The fourth-order valence-electron chi connectivity index (χ4n) is 2.03. The summed E-state index contributed by atoms with van der Waals surface area (Å²) in [5.41, 5.74) is -0.213. The number of aromatic amines is 2. The molecule has 0 spiro atoms. The van der Waals surface area contributed by atoms with E-state index in [9.17, 15) is 14.4 Å². The molecule has 0 radical (unpaired) electrons. The first-order valence-electron chi connectivity index (χ1n) is 7.35. The number of amides is 1. The maximum atomic E-state index is 11.7. The molecule has 1 aromatic heterocycles. The second-order valence-corrected chi connectivity index (χ2v) is 5.36. The normalized spacial score (nSPS) is 10.7. The van der Waals surface area contributed by atoms with Crippen LogP contribution in [0.25, 0.3) is 0 Å². The second-order valence-electron chi connectivity index (χ2n) is 5.36. The number of ether oxygens (including phenoxy) is 1. The predicted molar refractivity (Wildman–Crippen MR) is 84.6 cm³/mol. The van der Waals surface area contributed by atoms with Crippen LogP contribution in [0.15, 0.2) is 33.9 Å². The van der Waals surface area contributed by atoms with Gasteiger partial charge in [0, 0.05) is 6.54 Å². The Hall–Kier alpha value is -2.77. The number of nitrogens with one attached hydrogen (secondary N) is 3. The van der Waals surface area contributed by atoms with Gasteiger partial charge in [0.2, 0.25) is 5.91 Å². The first-order valence-corrected chi connectivity index (χ1v) is 7.35. The fourth-order valence-corrected chi connectivity index (χ4v) is 2.03. The minimum Gasteiger partial charge on any atom is -0.491 e. The van der Waals surface area contributed by atoms with E-state index in [1.807, 2.05) is 38.1 Å². The van der Waals surface area contributed by atoms with Crippen molar-refractivity contribution in [3.8, 4) is 5.75 Å². The highest BCUT2D eigenvalue weighted by Crippen LogP contribution is 2.13. The van der Waals surface area contributed by atoms with Crippen molar-refractivity contribution < 1.29 is 9.53 Å². The number of nitrogens with zero attached hydrogens (tertiary/aromatic N) is 1. The van der Waals surface area contributed by atoms with E-state index in [1.54, 1.807) is 0 Å². The molecule has 2 aromatic rings. The van der Waals surface area contributed by atoms with E-state index in [1.165, 1.54) is 0 Å². The van der Waals surface area contributed by atoms with Gasteiger partial charge in [0.15, 0.2) is 0 Å². The van der Waals surface area contributed by atoms with Crippen LogP contribution in [0.2, 0.25) is 0 Å². The van der Waals surface area contributed by atoms with Crippen LogP contribution >= 0.6 is 0 Å². The van der Waals surface area contributed by atoms with Crippen molar-refractivity contribution in [2.24, 2.45) is 0 Å². The molecule has 0 bridgehead atoms. The van der Waals surface area contributed by atoms with E-state index in [0.29, 0.717) is 13.0 Å². The van der Waals surface area contributed by atoms with Gasteiger partial charge in [0.1, 0.15) is 12.3 Å². The van der Waals surface area contributed by atoms with Crippen molar-refractivity contribution in [1.29, 1.82) is 0 Å².